The lowest BCUT2D eigenvalue weighted by atomic mass is 10.1. The molecule has 4 N–H and O–H groups in total. The fourth-order valence-electron chi connectivity index (χ4n) is 3.40. The lowest BCUT2D eigenvalue weighted by Crippen LogP contribution is -2.42. The summed E-state index contributed by atoms with van der Waals surface area (Å²) in [5.41, 5.74) is 5.44. The van der Waals surface area contributed by atoms with Gasteiger partial charge in [-0.05, 0) is 49.4 Å². The van der Waals surface area contributed by atoms with Crippen molar-refractivity contribution in [2.24, 2.45) is 5.92 Å². The first-order valence-corrected chi connectivity index (χ1v) is 12.0. The second-order valence-electron chi connectivity index (χ2n) is 8.59. The molecule has 0 radical (unpaired) electrons. The van der Waals surface area contributed by atoms with Crippen molar-refractivity contribution in [2.45, 2.75) is 59.4 Å². The highest BCUT2D eigenvalue weighted by atomic mass is 35.5. The lowest BCUT2D eigenvalue weighted by Gasteiger charge is -2.25. The van der Waals surface area contributed by atoms with E-state index in [1.54, 1.807) is 24.3 Å². The summed E-state index contributed by atoms with van der Waals surface area (Å²) in [6.45, 7) is 6.96. The van der Waals surface area contributed by atoms with E-state index in [4.69, 9.17) is 17.3 Å². The van der Waals surface area contributed by atoms with Crippen LogP contribution < -0.4 is 27.2 Å². The third-order valence-corrected chi connectivity index (χ3v) is 5.66. The van der Waals surface area contributed by atoms with Gasteiger partial charge in [0.25, 0.3) is 11.5 Å². The predicted molar refractivity (Wildman–Crippen MR) is 135 cm³/mol. The number of benzene rings is 1. The van der Waals surface area contributed by atoms with Crippen LogP contribution >= 0.6 is 11.6 Å². The Morgan fingerprint density at radius 2 is 1.85 bits per heavy atom. The Hall–Kier alpha value is -3.07. The molecule has 0 saturated carbocycles. The predicted octanol–water partition coefficient (Wildman–Crippen LogP) is 3.16. The van der Waals surface area contributed by atoms with Gasteiger partial charge in [-0.1, -0.05) is 38.8 Å². The quantitative estimate of drug-likeness (QED) is 0.392. The molecule has 34 heavy (non-hydrogen) atoms. The molecule has 0 aliphatic rings. The second-order valence-corrected chi connectivity index (χ2v) is 9.03. The molecule has 0 saturated heterocycles. The number of aromatic nitrogens is 2. The van der Waals surface area contributed by atoms with Crippen molar-refractivity contribution in [1.29, 1.82) is 0 Å². The van der Waals surface area contributed by atoms with Crippen LogP contribution in [0.15, 0.2) is 33.9 Å². The number of anilines is 2. The van der Waals surface area contributed by atoms with E-state index in [2.05, 4.69) is 10.3 Å². The summed E-state index contributed by atoms with van der Waals surface area (Å²) in [7, 11) is 0. The second kappa shape index (κ2) is 13.0. The van der Waals surface area contributed by atoms with Crippen LogP contribution in [0, 0.1) is 5.92 Å². The van der Waals surface area contributed by atoms with E-state index < -0.39 is 11.2 Å². The normalized spacial score (nSPS) is 11.0. The Labute approximate surface area is 204 Å². The molecule has 0 unspecified atom stereocenters. The maximum Gasteiger partial charge on any atom is 0.330 e. The van der Waals surface area contributed by atoms with Gasteiger partial charge in [0.05, 0.1) is 0 Å². The zero-order chi connectivity index (χ0) is 25.3. The molecular formula is C24H34ClN5O4. The Kier molecular flexibility index (Phi) is 10.4. The van der Waals surface area contributed by atoms with Gasteiger partial charge in [-0.2, -0.15) is 0 Å². The SMILES string of the molecule is CCCCn1c(N)c(N(CCC(C)C)C(=O)CCCNC(=O)c2ccc(Cl)cc2)c(=O)[nH]c1=O. The van der Waals surface area contributed by atoms with Gasteiger partial charge in [0, 0.05) is 36.6 Å². The Balaban J connectivity index is 2.14. The van der Waals surface area contributed by atoms with E-state index in [-0.39, 0.29) is 36.3 Å². The molecule has 0 atom stereocenters. The number of nitrogens with two attached hydrogens (primary N) is 1. The molecule has 2 rings (SSSR count). The number of hydrogen-bond donors (Lipinski definition) is 3. The Bertz CT molecular complexity index is 1090. The number of unbranched alkanes of at least 4 members (excludes halogenated alkanes) is 1. The molecule has 2 amide bonds. The number of rotatable bonds is 12. The van der Waals surface area contributed by atoms with E-state index in [0.29, 0.717) is 48.9 Å². The van der Waals surface area contributed by atoms with Crippen LogP contribution in [0.5, 0.6) is 0 Å². The topological polar surface area (TPSA) is 130 Å². The first kappa shape index (κ1) is 27.2. The van der Waals surface area contributed by atoms with Gasteiger partial charge in [0.1, 0.15) is 5.82 Å². The fourth-order valence-corrected chi connectivity index (χ4v) is 3.53. The summed E-state index contributed by atoms with van der Waals surface area (Å²) in [6.07, 6.45) is 2.70. The first-order valence-electron chi connectivity index (χ1n) is 11.6. The lowest BCUT2D eigenvalue weighted by molar-refractivity contribution is -0.118. The van der Waals surface area contributed by atoms with Gasteiger partial charge in [-0.15, -0.1) is 0 Å². The highest BCUT2D eigenvalue weighted by Crippen LogP contribution is 2.20. The Morgan fingerprint density at radius 1 is 1.18 bits per heavy atom. The van der Waals surface area contributed by atoms with E-state index in [1.165, 1.54) is 9.47 Å². The van der Waals surface area contributed by atoms with Crippen molar-refractivity contribution in [3.05, 3.63) is 55.7 Å². The van der Waals surface area contributed by atoms with Crippen molar-refractivity contribution >= 4 is 34.9 Å². The van der Waals surface area contributed by atoms with Gasteiger partial charge in [-0.25, -0.2) is 4.79 Å². The monoisotopic (exact) mass is 491 g/mol. The number of carbonyl (C=O) groups excluding carboxylic acids is 2. The molecule has 0 spiro atoms. The highest BCUT2D eigenvalue weighted by molar-refractivity contribution is 6.30. The number of nitrogen functional groups attached to an aromatic ring is 1. The molecule has 0 aliphatic carbocycles. The van der Waals surface area contributed by atoms with E-state index in [0.717, 1.165) is 6.42 Å². The van der Waals surface area contributed by atoms with E-state index in [1.807, 2.05) is 20.8 Å². The number of H-pyrrole nitrogens is 1. The summed E-state index contributed by atoms with van der Waals surface area (Å²) in [5.74, 6) is -0.264. The molecule has 1 heterocycles. The molecule has 0 fully saturated rings. The standard InChI is InChI=1S/C24H34ClN5O4/c1-4-5-14-30-21(26)20(23(33)28-24(30)34)29(15-12-16(2)3)19(31)7-6-13-27-22(32)17-8-10-18(25)11-9-17/h8-11,16H,4-7,12-15,26H2,1-3H3,(H,27,32)(H,28,33,34). The number of aromatic amines is 1. The molecule has 1 aromatic heterocycles. The molecule has 2 aromatic rings. The molecule has 10 heteroatoms. The number of carbonyl (C=O) groups is 2. The summed E-state index contributed by atoms with van der Waals surface area (Å²) in [5, 5.41) is 3.32. The van der Waals surface area contributed by atoms with Gasteiger partial charge in [0.15, 0.2) is 5.69 Å². The van der Waals surface area contributed by atoms with Crippen LogP contribution in [-0.2, 0) is 11.3 Å². The first-order chi connectivity index (χ1) is 16.1. The maximum atomic E-state index is 13.1. The van der Waals surface area contributed by atoms with Crippen LogP contribution in [0.25, 0.3) is 0 Å². The van der Waals surface area contributed by atoms with Crippen molar-refractivity contribution in [2.75, 3.05) is 23.7 Å². The molecule has 0 bridgehead atoms. The van der Waals surface area contributed by atoms with E-state index >= 15 is 0 Å². The minimum absolute atomic E-state index is 0.00431. The van der Waals surface area contributed by atoms with Crippen LogP contribution in [0.2, 0.25) is 5.02 Å². The van der Waals surface area contributed by atoms with E-state index in [9.17, 15) is 19.2 Å². The van der Waals surface area contributed by atoms with Gasteiger partial charge in [0.2, 0.25) is 5.91 Å². The van der Waals surface area contributed by atoms with Crippen LogP contribution in [0.4, 0.5) is 11.5 Å². The summed E-state index contributed by atoms with van der Waals surface area (Å²) in [6, 6.07) is 6.51. The molecule has 186 valence electrons. The van der Waals surface area contributed by atoms with Gasteiger partial charge >= 0.3 is 5.69 Å². The van der Waals surface area contributed by atoms with Crippen LogP contribution in [0.3, 0.4) is 0 Å². The third-order valence-electron chi connectivity index (χ3n) is 5.41. The number of hydrogen-bond acceptors (Lipinski definition) is 5. The molecular weight excluding hydrogens is 458 g/mol. The number of amides is 2. The third kappa shape index (κ3) is 7.48. The molecule has 1 aromatic carbocycles. The van der Waals surface area contributed by atoms with Crippen molar-refractivity contribution < 1.29 is 9.59 Å². The van der Waals surface area contributed by atoms with Crippen molar-refractivity contribution in [3.63, 3.8) is 0 Å². The molecule has 0 aliphatic heterocycles. The zero-order valence-electron chi connectivity index (χ0n) is 20.0. The zero-order valence-corrected chi connectivity index (χ0v) is 20.8. The largest absolute Gasteiger partial charge is 0.383 e. The highest BCUT2D eigenvalue weighted by Gasteiger charge is 2.24. The number of nitrogens with one attached hydrogen (secondary N) is 2. The average Bonchev–Trinajstić information content (AvgIpc) is 2.78. The number of nitrogens with zero attached hydrogens (tertiary/aromatic N) is 2. The van der Waals surface area contributed by atoms with Crippen molar-refractivity contribution in [1.82, 2.24) is 14.9 Å². The van der Waals surface area contributed by atoms with Crippen LogP contribution in [-0.4, -0.2) is 34.5 Å². The maximum absolute atomic E-state index is 13.1. The summed E-state index contributed by atoms with van der Waals surface area (Å²) >= 11 is 5.84. The summed E-state index contributed by atoms with van der Waals surface area (Å²) < 4.78 is 1.31. The summed E-state index contributed by atoms with van der Waals surface area (Å²) in [4.78, 5) is 54.0. The Morgan fingerprint density at radius 3 is 2.47 bits per heavy atom. The fraction of sp³-hybridized carbons (Fsp3) is 0.500. The van der Waals surface area contributed by atoms with Crippen molar-refractivity contribution in [3.8, 4) is 0 Å². The van der Waals surface area contributed by atoms with Gasteiger partial charge in [-0.3, -0.25) is 23.9 Å². The molecule has 9 nitrogen and oxygen atoms in total. The minimum atomic E-state index is -0.677. The number of halogens is 1. The van der Waals surface area contributed by atoms with Gasteiger partial charge < -0.3 is 16.0 Å². The average molecular weight is 492 g/mol. The minimum Gasteiger partial charge on any atom is -0.383 e. The van der Waals surface area contributed by atoms with Crippen LogP contribution in [0.1, 0.15) is 63.2 Å². The smallest absolute Gasteiger partial charge is 0.330 e.